The van der Waals surface area contributed by atoms with Crippen molar-refractivity contribution in [2.75, 3.05) is 11.9 Å². The molecule has 0 unspecified atom stereocenters. The van der Waals surface area contributed by atoms with Crippen LogP contribution in [-0.2, 0) is 0 Å². The molecule has 1 aromatic rings. The lowest BCUT2D eigenvalue weighted by Gasteiger charge is -2.35. The van der Waals surface area contributed by atoms with Crippen molar-refractivity contribution in [3.05, 3.63) is 23.9 Å². The molecule has 0 spiro atoms. The van der Waals surface area contributed by atoms with Gasteiger partial charge >= 0.3 is 0 Å². The first-order valence-corrected chi connectivity index (χ1v) is 4.96. The molecule has 3 nitrogen and oxygen atoms in total. The quantitative estimate of drug-likeness (QED) is 0.682. The SMILES string of the molecule is CN(c1ncccc1C=O)C1CCC1. The van der Waals surface area contributed by atoms with Crippen molar-refractivity contribution in [2.45, 2.75) is 25.3 Å². The molecule has 1 aliphatic rings. The summed E-state index contributed by atoms with van der Waals surface area (Å²) in [7, 11) is 2.01. The zero-order valence-corrected chi connectivity index (χ0v) is 8.31. The third-order valence-corrected chi connectivity index (χ3v) is 2.90. The van der Waals surface area contributed by atoms with E-state index in [4.69, 9.17) is 0 Å². The summed E-state index contributed by atoms with van der Waals surface area (Å²) in [6.45, 7) is 0. The summed E-state index contributed by atoms with van der Waals surface area (Å²) in [5.74, 6) is 0.812. The minimum Gasteiger partial charge on any atom is -0.356 e. The predicted octanol–water partition coefficient (Wildman–Crippen LogP) is 1.88. The lowest BCUT2D eigenvalue weighted by atomic mass is 9.92. The van der Waals surface area contributed by atoms with E-state index in [1.165, 1.54) is 19.3 Å². The molecule has 0 saturated heterocycles. The van der Waals surface area contributed by atoms with Gasteiger partial charge in [-0.15, -0.1) is 0 Å². The van der Waals surface area contributed by atoms with E-state index in [9.17, 15) is 4.79 Å². The van der Waals surface area contributed by atoms with Crippen molar-refractivity contribution >= 4 is 12.1 Å². The Morgan fingerprint density at radius 1 is 1.57 bits per heavy atom. The third-order valence-electron chi connectivity index (χ3n) is 2.90. The second-order valence-corrected chi connectivity index (χ2v) is 3.73. The van der Waals surface area contributed by atoms with Crippen LogP contribution >= 0.6 is 0 Å². The van der Waals surface area contributed by atoms with Gasteiger partial charge in [0.2, 0.25) is 0 Å². The molecule has 1 heterocycles. The summed E-state index contributed by atoms with van der Waals surface area (Å²) in [5, 5.41) is 0. The molecule has 2 rings (SSSR count). The van der Waals surface area contributed by atoms with Gasteiger partial charge in [-0.2, -0.15) is 0 Å². The van der Waals surface area contributed by atoms with Crippen LogP contribution in [0.3, 0.4) is 0 Å². The predicted molar refractivity (Wildman–Crippen MR) is 55.7 cm³/mol. The number of nitrogens with zero attached hydrogens (tertiary/aromatic N) is 2. The topological polar surface area (TPSA) is 33.2 Å². The normalized spacial score (nSPS) is 16.1. The molecule has 0 amide bonds. The molecular formula is C11H14N2O. The molecule has 1 saturated carbocycles. The van der Waals surface area contributed by atoms with Crippen LogP contribution in [0, 0.1) is 0 Å². The summed E-state index contributed by atoms with van der Waals surface area (Å²) in [5.41, 5.74) is 0.682. The van der Waals surface area contributed by atoms with Crippen molar-refractivity contribution in [1.82, 2.24) is 4.98 Å². The monoisotopic (exact) mass is 190 g/mol. The lowest BCUT2D eigenvalue weighted by molar-refractivity contribution is 0.112. The number of anilines is 1. The summed E-state index contributed by atoms with van der Waals surface area (Å²) in [6, 6.07) is 4.18. The number of pyridine rings is 1. The number of hydrogen-bond donors (Lipinski definition) is 0. The fourth-order valence-electron chi connectivity index (χ4n) is 1.74. The molecule has 1 fully saturated rings. The van der Waals surface area contributed by atoms with Gasteiger partial charge in [-0.1, -0.05) is 0 Å². The highest BCUT2D eigenvalue weighted by molar-refractivity contribution is 5.82. The highest BCUT2D eigenvalue weighted by Gasteiger charge is 2.24. The van der Waals surface area contributed by atoms with Crippen LogP contribution in [0.25, 0.3) is 0 Å². The molecule has 0 bridgehead atoms. The van der Waals surface area contributed by atoms with Gasteiger partial charge in [0.15, 0.2) is 6.29 Å². The van der Waals surface area contributed by atoms with Gasteiger partial charge < -0.3 is 4.90 Å². The zero-order valence-electron chi connectivity index (χ0n) is 8.31. The number of aromatic nitrogens is 1. The van der Waals surface area contributed by atoms with E-state index < -0.39 is 0 Å². The maximum Gasteiger partial charge on any atom is 0.153 e. The second-order valence-electron chi connectivity index (χ2n) is 3.73. The van der Waals surface area contributed by atoms with E-state index in [1.54, 1.807) is 12.3 Å². The fourth-order valence-corrected chi connectivity index (χ4v) is 1.74. The number of carbonyl (C=O) groups excluding carboxylic acids is 1. The van der Waals surface area contributed by atoms with Gasteiger partial charge in [-0.05, 0) is 31.4 Å². The maximum absolute atomic E-state index is 10.8. The van der Waals surface area contributed by atoms with Crippen LogP contribution in [0.5, 0.6) is 0 Å². The Morgan fingerprint density at radius 2 is 2.36 bits per heavy atom. The first kappa shape index (κ1) is 9.19. The molecule has 0 atom stereocenters. The summed E-state index contributed by atoms with van der Waals surface area (Å²) in [6.07, 6.45) is 6.32. The molecule has 0 radical (unpaired) electrons. The van der Waals surface area contributed by atoms with Crippen molar-refractivity contribution in [1.29, 1.82) is 0 Å². The second kappa shape index (κ2) is 3.78. The molecule has 1 aliphatic carbocycles. The Kier molecular flexibility index (Phi) is 2.48. The Hall–Kier alpha value is -1.38. The standard InChI is InChI=1S/C11H14N2O/c1-13(10-5-2-6-10)11-9(8-14)4-3-7-12-11/h3-4,7-8,10H,2,5-6H2,1H3. The van der Waals surface area contributed by atoms with Crippen molar-refractivity contribution in [3.63, 3.8) is 0 Å². The summed E-state index contributed by atoms with van der Waals surface area (Å²) < 4.78 is 0. The van der Waals surface area contributed by atoms with Gasteiger partial charge in [0.1, 0.15) is 5.82 Å². The molecule has 0 N–H and O–H groups in total. The average Bonchev–Trinajstić information content (AvgIpc) is 2.15. The molecule has 14 heavy (non-hydrogen) atoms. The zero-order chi connectivity index (χ0) is 9.97. The Labute approximate surface area is 83.8 Å². The van der Waals surface area contributed by atoms with Crippen LogP contribution in [0.15, 0.2) is 18.3 Å². The third kappa shape index (κ3) is 1.50. The summed E-state index contributed by atoms with van der Waals surface area (Å²) >= 11 is 0. The number of aldehydes is 1. The molecule has 0 aliphatic heterocycles. The Morgan fingerprint density at radius 3 is 2.93 bits per heavy atom. The Bertz CT molecular complexity index is 334. The lowest BCUT2D eigenvalue weighted by Crippen LogP contribution is -2.38. The van der Waals surface area contributed by atoms with E-state index in [2.05, 4.69) is 9.88 Å². The number of carbonyl (C=O) groups is 1. The van der Waals surface area contributed by atoms with Crippen LogP contribution in [0.2, 0.25) is 0 Å². The molecule has 74 valence electrons. The van der Waals surface area contributed by atoms with Crippen LogP contribution < -0.4 is 4.90 Å². The van der Waals surface area contributed by atoms with Gasteiger partial charge in [0.25, 0.3) is 0 Å². The van der Waals surface area contributed by atoms with E-state index in [0.717, 1.165) is 12.1 Å². The smallest absolute Gasteiger partial charge is 0.153 e. The number of rotatable bonds is 3. The minimum absolute atomic E-state index is 0.573. The summed E-state index contributed by atoms with van der Waals surface area (Å²) in [4.78, 5) is 17.2. The molecule has 1 aromatic heterocycles. The highest BCUT2D eigenvalue weighted by atomic mass is 16.1. The first-order chi connectivity index (χ1) is 6.83. The van der Waals surface area contributed by atoms with Gasteiger partial charge in [-0.25, -0.2) is 4.98 Å². The van der Waals surface area contributed by atoms with E-state index in [-0.39, 0.29) is 0 Å². The van der Waals surface area contributed by atoms with Crippen LogP contribution in [-0.4, -0.2) is 24.4 Å². The highest BCUT2D eigenvalue weighted by Crippen LogP contribution is 2.28. The average molecular weight is 190 g/mol. The van der Waals surface area contributed by atoms with E-state index in [1.807, 2.05) is 13.1 Å². The number of hydrogen-bond acceptors (Lipinski definition) is 3. The van der Waals surface area contributed by atoms with Gasteiger partial charge in [0, 0.05) is 19.3 Å². The fraction of sp³-hybridized carbons (Fsp3) is 0.455. The van der Waals surface area contributed by atoms with Crippen LogP contribution in [0.1, 0.15) is 29.6 Å². The maximum atomic E-state index is 10.8. The van der Waals surface area contributed by atoms with Crippen molar-refractivity contribution in [3.8, 4) is 0 Å². The molecular weight excluding hydrogens is 176 g/mol. The van der Waals surface area contributed by atoms with E-state index in [0.29, 0.717) is 11.6 Å². The van der Waals surface area contributed by atoms with Gasteiger partial charge in [-0.3, -0.25) is 4.79 Å². The Balaban J connectivity index is 2.24. The van der Waals surface area contributed by atoms with Crippen LogP contribution in [0.4, 0.5) is 5.82 Å². The largest absolute Gasteiger partial charge is 0.356 e. The minimum atomic E-state index is 0.573. The van der Waals surface area contributed by atoms with Crippen molar-refractivity contribution < 1.29 is 4.79 Å². The van der Waals surface area contributed by atoms with E-state index >= 15 is 0 Å². The van der Waals surface area contributed by atoms with Crippen molar-refractivity contribution in [2.24, 2.45) is 0 Å². The molecule has 0 aromatic carbocycles. The molecule has 3 heteroatoms. The first-order valence-electron chi connectivity index (χ1n) is 4.96. The van der Waals surface area contributed by atoms with Gasteiger partial charge in [0.05, 0.1) is 5.56 Å².